The molecule has 0 aliphatic heterocycles. The summed E-state index contributed by atoms with van der Waals surface area (Å²) >= 11 is 0. The third kappa shape index (κ3) is 57.0. The van der Waals surface area contributed by atoms with Crippen LogP contribution in [0.15, 0.2) is 60.8 Å². The summed E-state index contributed by atoms with van der Waals surface area (Å²) < 4.78 is 0. The predicted molar refractivity (Wildman–Crippen MR) is 313 cm³/mol. The Bertz CT molecular complexity index is 1150. The van der Waals surface area contributed by atoms with Gasteiger partial charge in [0.25, 0.3) is 0 Å². The molecule has 4 heteroatoms. The van der Waals surface area contributed by atoms with Crippen LogP contribution in [0.4, 0.5) is 0 Å². The molecule has 0 saturated heterocycles. The predicted octanol–water partition coefficient (Wildman–Crippen LogP) is 21.2. The lowest BCUT2D eigenvalue weighted by Gasteiger charge is -2.20. The van der Waals surface area contributed by atoms with Gasteiger partial charge in [-0.2, -0.15) is 0 Å². The second-order valence-corrected chi connectivity index (χ2v) is 21.5. The first-order chi connectivity index (χ1) is 34.7. The molecule has 0 aromatic carbocycles. The number of allylic oxidation sites excluding steroid dienone is 9. The summed E-state index contributed by atoms with van der Waals surface area (Å²) in [6, 6.07) is -0.622. The number of carbonyl (C=O) groups is 1. The van der Waals surface area contributed by atoms with Crippen LogP contribution >= 0.6 is 0 Å². The highest BCUT2D eigenvalue weighted by atomic mass is 16.3. The molecule has 1 amide bonds. The number of aliphatic hydroxyl groups is 2. The molecule has 0 heterocycles. The van der Waals surface area contributed by atoms with Crippen molar-refractivity contribution in [3.8, 4) is 0 Å². The van der Waals surface area contributed by atoms with Crippen LogP contribution in [0.5, 0.6) is 0 Å². The van der Waals surface area contributed by atoms with E-state index in [0.717, 1.165) is 51.4 Å². The van der Waals surface area contributed by atoms with Crippen molar-refractivity contribution in [3.63, 3.8) is 0 Å². The molecule has 70 heavy (non-hydrogen) atoms. The van der Waals surface area contributed by atoms with E-state index in [2.05, 4.69) is 67.8 Å². The fourth-order valence-electron chi connectivity index (χ4n) is 9.76. The number of hydrogen-bond acceptors (Lipinski definition) is 3. The van der Waals surface area contributed by atoms with Crippen molar-refractivity contribution < 1.29 is 15.0 Å². The minimum atomic E-state index is -0.839. The van der Waals surface area contributed by atoms with Gasteiger partial charge in [0.05, 0.1) is 18.8 Å². The molecule has 0 aliphatic rings. The molecule has 2 atom stereocenters. The van der Waals surface area contributed by atoms with Crippen LogP contribution in [0, 0.1) is 0 Å². The number of amides is 1. The average Bonchev–Trinajstić information content (AvgIpc) is 3.36. The first-order valence-corrected chi connectivity index (χ1v) is 31.5. The van der Waals surface area contributed by atoms with Crippen molar-refractivity contribution in [2.45, 2.75) is 347 Å². The fourth-order valence-corrected chi connectivity index (χ4v) is 9.76. The molecule has 0 aliphatic carbocycles. The van der Waals surface area contributed by atoms with Crippen LogP contribution in [0.3, 0.4) is 0 Å². The summed E-state index contributed by atoms with van der Waals surface area (Å²) in [5, 5.41) is 23.2. The van der Waals surface area contributed by atoms with Crippen LogP contribution < -0.4 is 5.32 Å². The monoisotopic (exact) mass is 978 g/mol. The van der Waals surface area contributed by atoms with Crippen molar-refractivity contribution in [2.24, 2.45) is 0 Å². The van der Waals surface area contributed by atoms with E-state index in [-0.39, 0.29) is 12.5 Å². The highest BCUT2D eigenvalue weighted by Gasteiger charge is 2.18. The van der Waals surface area contributed by atoms with Crippen molar-refractivity contribution >= 4 is 5.91 Å². The molecule has 3 N–H and O–H groups in total. The third-order valence-corrected chi connectivity index (χ3v) is 14.5. The first-order valence-electron chi connectivity index (χ1n) is 31.5. The number of rotatable bonds is 58. The van der Waals surface area contributed by atoms with E-state index in [1.807, 2.05) is 6.08 Å². The quantitative estimate of drug-likeness (QED) is 0.0420. The topological polar surface area (TPSA) is 69.6 Å². The molecular formula is C66H123NO3. The highest BCUT2D eigenvalue weighted by Crippen LogP contribution is 2.18. The standard InChI is InChI=1S/C66H123NO3/c1-3-5-7-9-11-13-15-17-19-21-23-25-26-27-28-29-30-31-32-33-34-35-36-37-38-39-40-42-44-46-48-50-52-54-56-58-60-62-66(70)67-64(63-68)65(69)61-59-57-55-53-51-49-47-45-43-41-24-22-20-18-16-14-12-10-8-6-4-2/h5,7,11,13,17,19,23,25,59,61,64-65,68-69H,3-4,6,8-10,12,14-16,18,20-22,24,26-58,60,62-63H2,1-2H3,(H,67,70)/b7-5-,13-11-,19-17-,25-23-,61-59+. The number of unbranched alkanes of at least 4 members (excludes halogenated alkanes) is 43. The lowest BCUT2D eigenvalue weighted by Crippen LogP contribution is -2.45. The molecule has 0 bridgehead atoms. The Kier molecular flexibility index (Phi) is 59.7. The molecule has 0 fully saturated rings. The van der Waals surface area contributed by atoms with Gasteiger partial charge in [-0.1, -0.05) is 331 Å². The van der Waals surface area contributed by atoms with E-state index in [1.54, 1.807) is 6.08 Å². The van der Waals surface area contributed by atoms with E-state index in [1.165, 1.54) is 263 Å². The third-order valence-electron chi connectivity index (χ3n) is 14.5. The van der Waals surface area contributed by atoms with Crippen molar-refractivity contribution in [1.82, 2.24) is 5.32 Å². The summed E-state index contributed by atoms with van der Waals surface area (Å²) in [5.74, 6) is -0.0579. The van der Waals surface area contributed by atoms with Gasteiger partial charge in [0.1, 0.15) is 0 Å². The summed E-state index contributed by atoms with van der Waals surface area (Å²) in [7, 11) is 0. The largest absolute Gasteiger partial charge is 0.394 e. The summed E-state index contributed by atoms with van der Waals surface area (Å²) in [6.07, 6.45) is 87.1. The molecule has 0 aromatic heterocycles. The second-order valence-electron chi connectivity index (χ2n) is 21.5. The van der Waals surface area contributed by atoms with E-state index < -0.39 is 12.1 Å². The molecule has 0 radical (unpaired) electrons. The summed E-state index contributed by atoms with van der Waals surface area (Å²) in [5.41, 5.74) is 0. The van der Waals surface area contributed by atoms with Crippen LogP contribution in [0.2, 0.25) is 0 Å². The second kappa shape index (κ2) is 61.4. The van der Waals surface area contributed by atoms with Crippen LogP contribution in [0.25, 0.3) is 0 Å². The maximum atomic E-state index is 12.5. The van der Waals surface area contributed by atoms with Gasteiger partial charge in [0, 0.05) is 6.42 Å². The van der Waals surface area contributed by atoms with Crippen molar-refractivity contribution in [2.75, 3.05) is 6.61 Å². The summed E-state index contributed by atoms with van der Waals surface area (Å²) in [4.78, 5) is 12.5. The highest BCUT2D eigenvalue weighted by molar-refractivity contribution is 5.76. The molecule has 0 saturated carbocycles. The minimum Gasteiger partial charge on any atom is -0.394 e. The molecular weight excluding hydrogens is 855 g/mol. The van der Waals surface area contributed by atoms with E-state index >= 15 is 0 Å². The molecule has 2 unspecified atom stereocenters. The van der Waals surface area contributed by atoms with Crippen LogP contribution in [-0.2, 0) is 4.79 Å². The zero-order chi connectivity index (χ0) is 50.6. The van der Waals surface area contributed by atoms with Gasteiger partial charge in [0.15, 0.2) is 0 Å². The lowest BCUT2D eigenvalue weighted by molar-refractivity contribution is -0.123. The minimum absolute atomic E-state index is 0.0579. The molecule has 410 valence electrons. The maximum Gasteiger partial charge on any atom is 0.220 e. The Morgan fingerprint density at radius 2 is 0.629 bits per heavy atom. The average molecular weight is 979 g/mol. The SMILES string of the molecule is CC/C=C\C/C=C\C/C=C\C/C=C\CCCCCCCCCCCCCCCCCCCCCCCCCCC(=O)NC(CO)C(O)/C=C/CCCCCCCCCCCCCCCCCCCCC. The van der Waals surface area contributed by atoms with Gasteiger partial charge in [-0.05, 0) is 57.8 Å². The number of aliphatic hydroxyl groups excluding tert-OH is 2. The summed E-state index contributed by atoms with van der Waals surface area (Å²) in [6.45, 7) is 4.23. The fraction of sp³-hybridized carbons (Fsp3) is 0.833. The van der Waals surface area contributed by atoms with Gasteiger partial charge in [-0.15, -0.1) is 0 Å². The number of carbonyl (C=O) groups excluding carboxylic acids is 1. The first kappa shape index (κ1) is 68.1. The number of nitrogens with one attached hydrogen (secondary N) is 1. The Morgan fingerprint density at radius 3 is 0.943 bits per heavy atom. The Morgan fingerprint density at radius 1 is 0.357 bits per heavy atom. The van der Waals surface area contributed by atoms with Crippen LogP contribution in [-0.4, -0.2) is 34.9 Å². The van der Waals surface area contributed by atoms with E-state index in [9.17, 15) is 15.0 Å². The molecule has 4 nitrogen and oxygen atoms in total. The van der Waals surface area contributed by atoms with Gasteiger partial charge in [-0.3, -0.25) is 4.79 Å². The zero-order valence-corrected chi connectivity index (χ0v) is 47.3. The normalized spacial score (nSPS) is 13.1. The van der Waals surface area contributed by atoms with Crippen molar-refractivity contribution in [3.05, 3.63) is 60.8 Å². The van der Waals surface area contributed by atoms with Crippen molar-refractivity contribution in [1.29, 1.82) is 0 Å². The smallest absolute Gasteiger partial charge is 0.220 e. The van der Waals surface area contributed by atoms with E-state index in [0.29, 0.717) is 6.42 Å². The Hall–Kier alpha value is -1.91. The Labute approximate surface area is 438 Å². The maximum absolute atomic E-state index is 12.5. The van der Waals surface area contributed by atoms with Gasteiger partial charge in [0.2, 0.25) is 5.91 Å². The molecule has 0 spiro atoms. The van der Waals surface area contributed by atoms with Crippen LogP contribution in [0.1, 0.15) is 335 Å². The zero-order valence-electron chi connectivity index (χ0n) is 47.3. The number of hydrogen-bond donors (Lipinski definition) is 3. The van der Waals surface area contributed by atoms with E-state index in [4.69, 9.17) is 0 Å². The Balaban J connectivity index is 3.42. The van der Waals surface area contributed by atoms with Gasteiger partial charge >= 0.3 is 0 Å². The molecule has 0 aromatic rings. The van der Waals surface area contributed by atoms with Gasteiger partial charge in [-0.25, -0.2) is 0 Å². The lowest BCUT2D eigenvalue weighted by atomic mass is 10.0. The molecule has 0 rings (SSSR count). The van der Waals surface area contributed by atoms with Gasteiger partial charge < -0.3 is 15.5 Å².